The van der Waals surface area contributed by atoms with Gasteiger partial charge in [0, 0.05) is 35.3 Å². The van der Waals surface area contributed by atoms with Gasteiger partial charge in [0.25, 0.3) is 0 Å². The van der Waals surface area contributed by atoms with Crippen molar-refractivity contribution < 1.29 is 8.78 Å². The van der Waals surface area contributed by atoms with Gasteiger partial charge >= 0.3 is 0 Å². The molecule has 0 aliphatic carbocycles. The van der Waals surface area contributed by atoms with Crippen LogP contribution in [0.5, 0.6) is 0 Å². The van der Waals surface area contributed by atoms with E-state index in [1.165, 1.54) is 18.3 Å². The molecule has 1 aromatic carbocycles. The Morgan fingerprint density at radius 2 is 1.88 bits per heavy atom. The number of rotatable bonds is 2. The van der Waals surface area contributed by atoms with Crippen LogP contribution in [-0.2, 0) is 0 Å². The second-order valence-electron chi connectivity index (χ2n) is 5.25. The van der Waals surface area contributed by atoms with E-state index in [0.717, 1.165) is 0 Å². The van der Waals surface area contributed by atoms with Gasteiger partial charge in [-0.3, -0.25) is 9.38 Å². The second kappa shape index (κ2) is 5.69. The molecular weight excluding hydrogens is 332 g/mol. The second-order valence-corrected chi connectivity index (χ2v) is 5.66. The molecule has 0 saturated carbocycles. The third kappa shape index (κ3) is 2.34. The van der Waals surface area contributed by atoms with Gasteiger partial charge in [0.2, 0.25) is 0 Å². The van der Waals surface area contributed by atoms with Gasteiger partial charge in [-0.25, -0.2) is 13.8 Å². The van der Waals surface area contributed by atoms with Crippen LogP contribution >= 0.6 is 11.6 Å². The maximum Gasteiger partial charge on any atom is 0.184 e. The van der Waals surface area contributed by atoms with Crippen molar-refractivity contribution in [3.05, 3.63) is 77.8 Å². The first kappa shape index (κ1) is 14.8. The topological polar surface area (TPSA) is 30.2 Å². The lowest BCUT2D eigenvalue weighted by atomic mass is 10.0. The molecule has 24 heavy (non-hydrogen) atoms. The summed E-state index contributed by atoms with van der Waals surface area (Å²) in [6.07, 6.45) is 6.39. The van der Waals surface area contributed by atoms with Gasteiger partial charge < -0.3 is 0 Å². The number of benzene rings is 1. The number of pyridine rings is 2. The first-order valence-electron chi connectivity index (χ1n) is 7.16. The highest BCUT2D eigenvalue weighted by atomic mass is 35.5. The average molecular weight is 342 g/mol. The predicted octanol–water partition coefficient (Wildman–Crippen LogP) is 4.99. The van der Waals surface area contributed by atoms with Crippen LogP contribution in [0, 0.1) is 11.6 Å². The number of aromatic nitrogens is 3. The molecule has 0 amide bonds. The summed E-state index contributed by atoms with van der Waals surface area (Å²) in [6.45, 7) is 0. The molecule has 3 heterocycles. The van der Waals surface area contributed by atoms with E-state index in [2.05, 4.69) is 9.97 Å². The third-order valence-corrected chi connectivity index (χ3v) is 4.10. The monoisotopic (exact) mass is 341 g/mol. The molecule has 0 aliphatic rings. The lowest BCUT2D eigenvalue weighted by molar-refractivity contribution is 0.630. The van der Waals surface area contributed by atoms with Crippen LogP contribution in [0.1, 0.15) is 0 Å². The molecule has 3 nitrogen and oxygen atoms in total. The number of hydrogen-bond acceptors (Lipinski definition) is 2. The summed E-state index contributed by atoms with van der Waals surface area (Å²) in [6, 6.07) is 9.69. The fraction of sp³-hybridized carbons (Fsp3) is 0. The minimum Gasteiger partial charge on any atom is -0.297 e. The van der Waals surface area contributed by atoms with Crippen molar-refractivity contribution in [1.29, 1.82) is 0 Å². The molecule has 118 valence electrons. The molecule has 0 unspecified atom stereocenters. The fourth-order valence-corrected chi connectivity index (χ4v) is 2.78. The Morgan fingerprint density at radius 1 is 1.00 bits per heavy atom. The van der Waals surface area contributed by atoms with Gasteiger partial charge in [-0.2, -0.15) is 0 Å². The maximum atomic E-state index is 14.2. The predicted molar refractivity (Wildman–Crippen MR) is 88.8 cm³/mol. The van der Waals surface area contributed by atoms with Crippen molar-refractivity contribution >= 4 is 17.2 Å². The van der Waals surface area contributed by atoms with Crippen LogP contribution in [0.4, 0.5) is 8.78 Å². The molecule has 0 spiro atoms. The van der Waals surface area contributed by atoms with Crippen LogP contribution in [0.3, 0.4) is 0 Å². The first-order valence-corrected chi connectivity index (χ1v) is 7.54. The fourth-order valence-electron chi connectivity index (χ4n) is 2.64. The largest absolute Gasteiger partial charge is 0.297 e. The Labute approximate surface area is 141 Å². The lowest BCUT2D eigenvalue weighted by Crippen LogP contribution is -1.93. The zero-order chi connectivity index (χ0) is 16.7. The number of fused-ring (bicyclic) bond motifs is 1. The Balaban J connectivity index is 1.91. The van der Waals surface area contributed by atoms with E-state index in [1.54, 1.807) is 47.3 Å². The van der Waals surface area contributed by atoms with Crippen LogP contribution in [0.15, 0.2) is 61.2 Å². The van der Waals surface area contributed by atoms with Crippen molar-refractivity contribution in [2.75, 3.05) is 0 Å². The maximum absolute atomic E-state index is 14.2. The summed E-state index contributed by atoms with van der Waals surface area (Å²) in [5.41, 5.74) is 2.57. The van der Waals surface area contributed by atoms with Gasteiger partial charge in [0.15, 0.2) is 11.5 Å². The highest BCUT2D eigenvalue weighted by Gasteiger charge is 2.14. The molecular formula is C18H10ClF2N3. The van der Waals surface area contributed by atoms with Crippen molar-refractivity contribution in [3.63, 3.8) is 0 Å². The number of hydrogen-bond donors (Lipinski definition) is 0. The number of imidazole rings is 1. The standard InChI is InChI=1S/C18H10ClF2N3/c19-14-5-7-24-16(10-23-18(24)17(14)21)11-3-4-15(20)13(8-11)12-2-1-6-22-9-12/h1-10H. The molecule has 0 atom stereocenters. The summed E-state index contributed by atoms with van der Waals surface area (Å²) in [5, 5.41) is 0.00908. The first-order chi connectivity index (χ1) is 11.6. The molecule has 0 bridgehead atoms. The van der Waals surface area contributed by atoms with E-state index in [4.69, 9.17) is 11.6 Å². The summed E-state index contributed by atoms with van der Waals surface area (Å²) in [4.78, 5) is 8.10. The summed E-state index contributed by atoms with van der Waals surface area (Å²) >= 11 is 5.78. The average Bonchev–Trinajstić information content (AvgIpc) is 3.04. The van der Waals surface area contributed by atoms with Gasteiger partial charge in [-0.1, -0.05) is 17.7 Å². The molecule has 4 aromatic rings. The number of halogens is 3. The van der Waals surface area contributed by atoms with Crippen molar-refractivity contribution in [2.24, 2.45) is 0 Å². The SMILES string of the molecule is Fc1ccc(-c2cnc3c(F)c(Cl)ccn23)cc1-c1cccnc1. The van der Waals surface area contributed by atoms with Crippen molar-refractivity contribution in [1.82, 2.24) is 14.4 Å². The minimum absolute atomic E-state index is 0.00908. The third-order valence-electron chi connectivity index (χ3n) is 3.81. The zero-order valence-electron chi connectivity index (χ0n) is 12.2. The van der Waals surface area contributed by atoms with E-state index >= 15 is 0 Å². The Kier molecular flexibility index (Phi) is 3.50. The molecule has 0 fully saturated rings. The Morgan fingerprint density at radius 3 is 2.67 bits per heavy atom. The normalized spacial score (nSPS) is 11.1. The van der Waals surface area contributed by atoms with Gasteiger partial charge in [-0.05, 0) is 30.3 Å². The van der Waals surface area contributed by atoms with Crippen LogP contribution in [0.2, 0.25) is 5.02 Å². The van der Waals surface area contributed by atoms with Crippen LogP contribution in [0.25, 0.3) is 28.0 Å². The van der Waals surface area contributed by atoms with Crippen molar-refractivity contribution in [2.45, 2.75) is 0 Å². The minimum atomic E-state index is -0.583. The molecule has 0 saturated heterocycles. The molecule has 3 aromatic heterocycles. The zero-order valence-corrected chi connectivity index (χ0v) is 13.0. The van der Waals surface area contributed by atoms with Crippen LogP contribution < -0.4 is 0 Å². The van der Waals surface area contributed by atoms with E-state index in [9.17, 15) is 8.78 Å². The highest BCUT2D eigenvalue weighted by molar-refractivity contribution is 6.31. The number of nitrogens with zero attached hydrogens (tertiary/aromatic N) is 3. The summed E-state index contributed by atoms with van der Waals surface area (Å²) in [5.74, 6) is -0.935. The summed E-state index contributed by atoms with van der Waals surface area (Å²) in [7, 11) is 0. The quantitative estimate of drug-likeness (QED) is 0.514. The molecule has 0 radical (unpaired) electrons. The van der Waals surface area contributed by atoms with Crippen molar-refractivity contribution in [3.8, 4) is 22.4 Å². The van der Waals surface area contributed by atoms with E-state index in [-0.39, 0.29) is 16.5 Å². The highest BCUT2D eigenvalue weighted by Crippen LogP contribution is 2.30. The molecule has 6 heteroatoms. The van der Waals surface area contributed by atoms with Gasteiger partial charge in [0.05, 0.1) is 16.9 Å². The smallest absolute Gasteiger partial charge is 0.184 e. The molecule has 0 aliphatic heterocycles. The lowest BCUT2D eigenvalue weighted by Gasteiger charge is -2.07. The Bertz CT molecular complexity index is 1050. The van der Waals surface area contributed by atoms with E-state index in [0.29, 0.717) is 22.4 Å². The van der Waals surface area contributed by atoms with Crippen LogP contribution in [-0.4, -0.2) is 14.4 Å². The summed E-state index contributed by atoms with van der Waals surface area (Å²) < 4.78 is 29.8. The Hall–Kier alpha value is -2.79. The molecule has 4 rings (SSSR count). The van der Waals surface area contributed by atoms with E-state index < -0.39 is 5.82 Å². The molecule has 0 N–H and O–H groups in total. The van der Waals surface area contributed by atoms with E-state index in [1.807, 2.05) is 0 Å². The van der Waals surface area contributed by atoms with Gasteiger partial charge in [-0.15, -0.1) is 0 Å². The van der Waals surface area contributed by atoms with Gasteiger partial charge in [0.1, 0.15) is 5.82 Å².